The van der Waals surface area contributed by atoms with Crippen molar-refractivity contribution >= 4 is 32.3 Å². The summed E-state index contributed by atoms with van der Waals surface area (Å²) < 4.78 is 27.4. The highest BCUT2D eigenvalue weighted by Crippen LogP contribution is 2.37. The fourth-order valence-corrected chi connectivity index (χ4v) is 3.38. The molecule has 0 bridgehead atoms. The standard InChI is InChI=1S/C17H15N7O3S/c1-18-28(26,27)13-5-2-11(3-6-13)22-23-16-14-8-12(24-10-19-9-20-24)4-7-15(14)21-17(16)25/h2-10,18,21,25H,1H3. The van der Waals surface area contributed by atoms with Crippen LogP contribution in [-0.2, 0) is 10.0 Å². The zero-order chi connectivity index (χ0) is 19.7. The van der Waals surface area contributed by atoms with E-state index < -0.39 is 10.0 Å². The van der Waals surface area contributed by atoms with Gasteiger partial charge >= 0.3 is 0 Å². The number of aromatic amines is 1. The minimum Gasteiger partial charge on any atom is -0.493 e. The number of aromatic hydroxyl groups is 1. The van der Waals surface area contributed by atoms with Gasteiger partial charge in [0.05, 0.1) is 21.8 Å². The minimum atomic E-state index is -3.52. The molecule has 0 saturated heterocycles. The molecule has 2 aromatic carbocycles. The maximum absolute atomic E-state index is 11.8. The van der Waals surface area contributed by atoms with E-state index in [9.17, 15) is 13.5 Å². The fraction of sp³-hybridized carbons (Fsp3) is 0.0588. The number of aromatic nitrogens is 4. The summed E-state index contributed by atoms with van der Waals surface area (Å²) in [7, 11) is -2.17. The molecule has 28 heavy (non-hydrogen) atoms. The Balaban J connectivity index is 1.69. The molecule has 0 aliphatic heterocycles. The molecule has 2 heterocycles. The molecule has 0 spiro atoms. The van der Waals surface area contributed by atoms with E-state index in [4.69, 9.17) is 0 Å². The Hall–Kier alpha value is -3.57. The summed E-state index contributed by atoms with van der Waals surface area (Å²) in [6.45, 7) is 0. The number of nitrogens with one attached hydrogen (secondary N) is 2. The van der Waals surface area contributed by atoms with Crippen molar-refractivity contribution < 1.29 is 13.5 Å². The minimum absolute atomic E-state index is 0.121. The van der Waals surface area contributed by atoms with Crippen LogP contribution in [0.3, 0.4) is 0 Å². The average Bonchev–Trinajstić information content (AvgIpc) is 3.34. The zero-order valence-electron chi connectivity index (χ0n) is 14.6. The van der Waals surface area contributed by atoms with Crippen LogP contribution in [-0.4, -0.2) is 40.3 Å². The Morgan fingerprint density at radius 2 is 1.93 bits per heavy atom. The zero-order valence-corrected chi connectivity index (χ0v) is 15.4. The predicted octanol–water partition coefficient (Wildman–Crippen LogP) is 2.78. The van der Waals surface area contributed by atoms with E-state index in [0.717, 1.165) is 5.69 Å². The quantitative estimate of drug-likeness (QED) is 0.445. The van der Waals surface area contributed by atoms with Crippen LogP contribution in [0.25, 0.3) is 16.6 Å². The molecular formula is C17H15N7O3S. The smallest absolute Gasteiger partial charge is 0.240 e. The average molecular weight is 397 g/mol. The van der Waals surface area contributed by atoms with Gasteiger partial charge in [0.2, 0.25) is 15.9 Å². The second-order valence-electron chi connectivity index (χ2n) is 5.79. The first kappa shape index (κ1) is 17.8. The summed E-state index contributed by atoms with van der Waals surface area (Å²) in [6, 6.07) is 11.3. The van der Waals surface area contributed by atoms with Crippen molar-refractivity contribution in [2.45, 2.75) is 4.90 Å². The van der Waals surface area contributed by atoms with Crippen LogP contribution in [0.4, 0.5) is 11.4 Å². The maximum Gasteiger partial charge on any atom is 0.240 e. The number of benzene rings is 2. The van der Waals surface area contributed by atoms with Crippen molar-refractivity contribution in [3.05, 3.63) is 55.1 Å². The first-order chi connectivity index (χ1) is 13.5. The molecule has 0 aliphatic rings. The van der Waals surface area contributed by atoms with E-state index in [1.54, 1.807) is 23.1 Å². The molecule has 0 aliphatic carbocycles. The number of nitrogens with zero attached hydrogens (tertiary/aromatic N) is 5. The molecule has 0 fully saturated rings. The molecule has 3 N–H and O–H groups in total. The first-order valence-corrected chi connectivity index (χ1v) is 9.61. The lowest BCUT2D eigenvalue weighted by molar-refractivity contribution is 0.459. The van der Waals surface area contributed by atoms with Gasteiger partial charge in [-0.25, -0.2) is 22.8 Å². The van der Waals surface area contributed by atoms with Crippen LogP contribution in [0.15, 0.2) is 70.2 Å². The molecule has 0 radical (unpaired) electrons. The number of fused-ring (bicyclic) bond motifs is 1. The Morgan fingerprint density at radius 1 is 1.14 bits per heavy atom. The molecule has 0 amide bonds. The van der Waals surface area contributed by atoms with Crippen molar-refractivity contribution in [3.8, 4) is 11.6 Å². The number of hydrogen-bond acceptors (Lipinski definition) is 7. The summed E-state index contributed by atoms with van der Waals surface area (Å²) in [5.41, 5.74) is 2.15. The first-order valence-electron chi connectivity index (χ1n) is 8.13. The molecule has 4 rings (SSSR count). The Labute approximate surface area is 159 Å². The van der Waals surface area contributed by atoms with Gasteiger partial charge in [0, 0.05) is 5.39 Å². The van der Waals surface area contributed by atoms with Crippen LogP contribution < -0.4 is 4.72 Å². The topological polar surface area (TPSA) is 138 Å². The second-order valence-corrected chi connectivity index (χ2v) is 7.68. The molecule has 0 atom stereocenters. The Bertz CT molecular complexity index is 1260. The number of azo groups is 1. The van der Waals surface area contributed by atoms with Crippen molar-refractivity contribution in [2.24, 2.45) is 10.2 Å². The maximum atomic E-state index is 11.8. The number of H-pyrrole nitrogens is 1. The van der Waals surface area contributed by atoms with Crippen molar-refractivity contribution in [1.82, 2.24) is 24.5 Å². The van der Waals surface area contributed by atoms with Gasteiger partial charge in [0.25, 0.3) is 0 Å². The van der Waals surface area contributed by atoms with Crippen molar-refractivity contribution in [2.75, 3.05) is 7.05 Å². The summed E-state index contributed by atoms with van der Waals surface area (Å²) in [6.07, 6.45) is 2.99. The Morgan fingerprint density at radius 3 is 2.61 bits per heavy atom. The predicted molar refractivity (Wildman–Crippen MR) is 102 cm³/mol. The van der Waals surface area contributed by atoms with Gasteiger partial charge in [-0.05, 0) is 49.5 Å². The molecule has 0 unspecified atom stereocenters. The number of sulfonamides is 1. The second kappa shape index (κ2) is 6.87. The van der Waals surface area contributed by atoms with E-state index in [2.05, 4.69) is 30.0 Å². The lowest BCUT2D eigenvalue weighted by Gasteiger charge is -2.02. The van der Waals surface area contributed by atoms with Gasteiger partial charge in [0.15, 0.2) is 5.69 Å². The summed E-state index contributed by atoms with van der Waals surface area (Å²) in [5.74, 6) is -0.121. The van der Waals surface area contributed by atoms with Crippen LogP contribution in [0.5, 0.6) is 5.88 Å². The van der Waals surface area contributed by atoms with E-state index in [1.807, 2.05) is 6.07 Å². The van der Waals surface area contributed by atoms with Crippen LogP contribution in [0.1, 0.15) is 0 Å². The molecule has 10 nitrogen and oxygen atoms in total. The molecule has 0 saturated carbocycles. The van der Waals surface area contributed by atoms with Crippen molar-refractivity contribution in [3.63, 3.8) is 0 Å². The lowest BCUT2D eigenvalue weighted by Crippen LogP contribution is -2.18. The third-order valence-electron chi connectivity index (χ3n) is 4.10. The largest absolute Gasteiger partial charge is 0.493 e. The SMILES string of the molecule is CNS(=O)(=O)c1ccc(N=Nc2c(O)[nH]c3ccc(-n4cncn4)cc23)cc1. The Kier molecular flexibility index (Phi) is 4.37. The van der Waals surface area contributed by atoms with Gasteiger partial charge < -0.3 is 10.1 Å². The summed E-state index contributed by atoms with van der Waals surface area (Å²) in [5, 5.41) is 23.2. The highest BCUT2D eigenvalue weighted by molar-refractivity contribution is 7.89. The molecule has 142 valence electrons. The number of hydrogen-bond donors (Lipinski definition) is 3. The van der Waals surface area contributed by atoms with Gasteiger partial charge in [-0.1, -0.05) is 0 Å². The fourth-order valence-electron chi connectivity index (χ4n) is 2.65. The van der Waals surface area contributed by atoms with E-state index in [-0.39, 0.29) is 16.5 Å². The van der Waals surface area contributed by atoms with Gasteiger partial charge in [-0.3, -0.25) is 0 Å². The van der Waals surface area contributed by atoms with E-state index in [1.165, 1.54) is 37.6 Å². The third kappa shape index (κ3) is 3.23. The summed E-state index contributed by atoms with van der Waals surface area (Å²) >= 11 is 0. The normalized spacial score (nSPS) is 12.2. The molecule has 2 aromatic heterocycles. The third-order valence-corrected chi connectivity index (χ3v) is 5.53. The lowest BCUT2D eigenvalue weighted by atomic mass is 10.2. The van der Waals surface area contributed by atoms with E-state index >= 15 is 0 Å². The molecule has 11 heteroatoms. The van der Waals surface area contributed by atoms with Crippen LogP contribution in [0.2, 0.25) is 0 Å². The molecular weight excluding hydrogens is 382 g/mol. The van der Waals surface area contributed by atoms with Crippen LogP contribution >= 0.6 is 0 Å². The van der Waals surface area contributed by atoms with E-state index in [0.29, 0.717) is 16.6 Å². The highest BCUT2D eigenvalue weighted by atomic mass is 32.2. The van der Waals surface area contributed by atoms with Gasteiger partial charge in [0.1, 0.15) is 12.7 Å². The summed E-state index contributed by atoms with van der Waals surface area (Å²) in [4.78, 5) is 6.89. The highest BCUT2D eigenvalue weighted by Gasteiger charge is 2.13. The van der Waals surface area contributed by atoms with Gasteiger partial charge in [-0.15, -0.1) is 5.11 Å². The van der Waals surface area contributed by atoms with Crippen molar-refractivity contribution in [1.29, 1.82) is 0 Å². The monoisotopic (exact) mass is 397 g/mol. The number of rotatable bonds is 5. The van der Waals surface area contributed by atoms with Crippen LogP contribution in [0, 0.1) is 0 Å². The van der Waals surface area contributed by atoms with Gasteiger partial charge in [-0.2, -0.15) is 10.2 Å². The molecule has 4 aromatic rings.